The number of benzene rings is 1. The van der Waals surface area contributed by atoms with Crippen LogP contribution in [0.2, 0.25) is 0 Å². The standard InChI is InChI=1S/C19H23NO3S/c1-19(2)8-7-15-13(10-19)16(18(22)23)17(24-15)12-6-5-11(20(3)4)9-14(12)21/h5-6,9,21H,7-8,10H2,1-4H3,(H,22,23). The molecule has 1 heterocycles. The Labute approximate surface area is 146 Å². The number of nitrogens with zero attached hydrogens (tertiary/aromatic N) is 1. The average Bonchev–Trinajstić information content (AvgIpc) is 2.83. The number of carbonyl (C=O) groups is 1. The quantitative estimate of drug-likeness (QED) is 0.865. The van der Waals surface area contributed by atoms with Crippen LogP contribution in [0, 0.1) is 5.41 Å². The maximum absolute atomic E-state index is 11.9. The zero-order valence-electron chi connectivity index (χ0n) is 14.5. The van der Waals surface area contributed by atoms with Gasteiger partial charge in [-0.15, -0.1) is 11.3 Å². The van der Waals surface area contributed by atoms with Gasteiger partial charge in [0.1, 0.15) is 5.75 Å². The minimum Gasteiger partial charge on any atom is -0.507 e. The zero-order valence-corrected chi connectivity index (χ0v) is 15.3. The molecule has 0 amide bonds. The first-order valence-electron chi connectivity index (χ1n) is 8.08. The Kier molecular flexibility index (Phi) is 4.08. The molecule has 0 atom stereocenters. The molecule has 1 aromatic heterocycles. The molecule has 0 bridgehead atoms. The van der Waals surface area contributed by atoms with Crippen molar-refractivity contribution in [2.24, 2.45) is 5.41 Å². The third kappa shape index (κ3) is 2.88. The van der Waals surface area contributed by atoms with E-state index in [4.69, 9.17) is 0 Å². The molecule has 0 spiro atoms. The van der Waals surface area contributed by atoms with Gasteiger partial charge in [0.15, 0.2) is 0 Å². The molecule has 1 aliphatic carbocycles. The number of fused-ring (bicyclic) bond motifs is 1. The molecule has 1 aromatic carbocycles. The number of thiophene rings is 1. The van der Waals surface area contributed by atoms with E-state index in [1.807, 2.05) is 31.1 Å². The topological polar surface area (TPSA) is 60.8 Å². The van der Waals surface area contributed by atoms with E-state index in [9.17, 15) is 15.0 Å². The van der Waals surface area contributed by atoms with Crippen molar-refractivity contribution in [2.75, 3.05) is 19.0 Å². The number of carboxylic acid groups (broad SMARTS) is 1. The van der Waals surface area contributed by atoms with Crippen LogP contribution in [0.3, 0.4) is 0 Å². The number of hydrogen-bond donors (Lipinski definition) is 2. The van der Waals surface area contributed by atoms with Gasteiger partial charge in [0.25, 0.3) is 0 Å². The molecule has 0 unspecified atom stereocenters. The first-order chi connectivity index (χ1) is 11.2. The normalized spacial score (nSPS) is 15.8. The highest BCUT2D eigenvalue weighted by molar-refractivity contribution is 7.16. The van der Waals surface area contributed by atoms with Gasteiger partial charge in [0.2, 0.25) is 0 Å². The van der Waals surface area contributed by atoms with E-state index in [2.05, 4.69) is 13.8 Å². The summed E-state index contributed by atoms with van der Waals surface area (Å²) in [5, 5.41) is 20.2. The van der Waals surface area contributed by atoms with Crippen molar-refractivity contribution in [3.8, 4) is 16.2 Å². The van der Waals surface area contributed by atoms with Gasteiger partial charge in [-0.25, -0.2) is 4.79 Å². The fourth-order valence-corrected chi connectivity index (χ4v) is 4.67. The van der Waals surface area contributed by atoms with Gasteiger partial charge in [-0.3, -0.25) is 0 Å². The van der Waals surface area contributed by atoms with Gasteiger partial charge in [-0.05, 0) is 42.4 Å². The lowest BCUT2D eigenvalue weighted by Gasteiger charge is -2.29. The maximum Gasteiger partial charge on any atom is 0.337 e. The summed E-state index contributed by atoms with van der Waals surface area (Å²) < 4.78 is 0. The molecule has 0 saturated carbocycles. The third-order valence-electron chi connectivity index (χ3n) is 4.73. The SMILES string of the molecule is CN(C)c1ccc(-c2sc3c(c2C(=O)O)CC(C)(C)CC3)c(O)c1. The van der Waals surface area contributed by atoms with Gasteiger partial charge < -0.3 is 15.1 Å². The van der Waals surface area contributed by atoms with E-state index >= 15 is 0 Å². The molecule has 0 radical (unpaired) electrons. The highest BCUT2D eigenvalue weighted by Crippen LogP contribution is 2.47. The Morgan fingerprint density at radius 1 is 1.29 bits per heavy atom. The minimum atomic E-state index is -0.906. The van der Waals surface area contributed by atoms with Crippen LogP contribution in [0.4, 0.5) is 5.69 Å². The summed E-state index contributed by atoms with van der Waals surface area (Å²) in [6.07, 6.45) is 2.74. The number of hydrogen-bond acceptors (Lipinski definition) is 4. The fourth-order valence-electron chi connectivity index (χ4n) is 3.33. The van der Waals surface area contributed by atoms with Crippen LogP contribution in [0.15, 0.2) is 18.2 Å². The lowest BCUT2D eigenvalue weighted by molar-refractivity contribution is 0.0696. The van der Waals surface area contributed by atoms with E-state index in [1.165, 1.54) is 11.3 Å². The van der Waals surface area contributed by atoms with E-state index in [1.54, 1.807) is 6.07 Å². The van der Waals surface area contributed by atoms with Crippen LogP contribution in [-0.2, 0) is 12.8 Å². The van der Waals surface area contributed by atoms with E-state index in [-0.39, 0.29) is 11.2 Å². The molecule has 2 N–H and O–H groups in total. The summed E-state index contributed by atoms with van der Waals surface area (Å²) in [5.41, 5.74) is 2.93. The Balaban J connectivity index is 2.16. The molecule has 0 fully saturated rings. The van der Waals surface area contributed by atoms with E-state index < -0.39 is 5.97 Å². The van der Waals surface area contributed by atoms with Crippen molar-refractivity contribution >= 4 is 23.0 Å². The van der Waals surface area contributed by atoms with E-state index in [0.717, 1.165) is 35.4 Å². The second-order valence-electron chi connectivity index (χ2n) is 7.45. The van der Waals surface area contributed by atoms with Crippen molar-refractivity contribution in [3.05, 3.63) is 34.2 Å². The molecule has 1 aliphatic rings. The molecule has 5 heteroatoms. The average molecular weight is 345 g/mol. The Bertz CT molecular complexity index is 805. The molecule has 0 saturated heterocycles. The zero-order chi connectivity index (χ0) is 17.6. The second-order valence-corrected chi connectivity index (χ2v) is 8.56. The maximum atomic E-state index is 11.9. The van der Waals surface area contributed by atoms with Crippen LogP contribution in [-0.4, -0.2) is 30.3 Å². The van der Waals surface area contributed by atoms with Crippen LogP contribution >= 0.6 is 11.3 Å². The first kappa shape index (κ1) is 16.8. The second kappa shape index (κ2) is 5.81. The summed E-state index contributed by atoms with van der Waals surface area (Å²) in [6.45, 7) is 4.37. The fraction of sp³-hybridized carbons (Fsp3) is 0.421. The van der Waals surface area contributed by atoms with Gasteiger partial charge in [0, 0.05) is 36.3 Å². The van der Waals surface area contributed by atoms with Crippen molar-refractivity contribution < 1.29 is 15.0 Å². The highest BCUT2D eigenvalue weighted by Gasteiger charge is 2.33. The van der Waals surface area contributed by atoms with Crippen molar-refractivity contribution in [1.29, 1.82) is 0 Å². The van der Waals surface area contributed by atoms with Crippen LogP contribution < -0.4 is 4.90 Å². The Morgan fingerprint density at radius 2 is 2.00 bits per heavy atom. The molecular weight excluding hydrogens is 322 g/mol. The van der Waals surface area contributed by atoms with Gasteiger partial charge >= 0.3 is 5.97 Å². The number of phenols is 1. The van der Waals surface area contributed by atoms with Crippen molar-refractivity contribution in [2.45, 2.75) is 33.1 Å². The number of phenolic OH excluding ortho intramolecular Hbond substituents is 1. The summed E-state index contributed by atoms with van der Waals surface area (Å²) in [5.74, 6) is -0.780. The number of anilines is 1. The lowest BCUT2D eigenvalue weighted by Crippen LogP contribution is -2.22. The number of carboxylic acids is 1. The monoisotopic (exact) mass is 345 g/mol. The molecule has 4 nitrogen and oxygen atoms in total. The van der Waals surface area contributed by atoms with Crippen molar-refractivity contribution in [1.82, 2.24) is 0 Å². The summed E-state index contributed by atoms with van der Waals surface area (Å²) in [7, 11) is 3.81. The number of aromatic carboxylic acids is 1. The predicted octanol–water partition coefficient (Wildman–Crippen LogP) is 4.40. The van der Waals surface area contributed by atoms with Crippen LogP contribution in [0.1, 0.15) is 41.1 Å². The minimum absolute atomic E-state index is 0.117. The van der Waals surface area contributed by atoms with E-state index in [0.29, 0.717) is 16.0 Å². The van der Waals surface area contributed by atoms with Crippen molar-refractivity contribution in [3.63, 3.8) is 0 Å². The Hall–Kier alpha value is -2.01. The molecule has 24 heavy (non-hydrogen) atoms. The predicted molar refractivity (Wildman–Crippen MR) is 98.5 cm³/mol. The molecule has 2 aromatic rings. The highest BCUT2D eigenvalue weighted by atomic mass is 32.1. The smallest absolute Gasteiger partial charge is 0.337 e. The lowest BCUT2D eigenvalue weighted by atomic mass is 9.76. The van der Waals surface area contributed by atoms with Crippen LogP contribution in [0.25, 0.3) is 10.4 Å². The number of aromatic hydroxyl groups is 1. The molecule has 3 rings (SSSR count). The number of aryl methyl sites for hydroxylation is 1. The van der Waals surface area contributed by atoms with Crippen LogP contribution in [0.5, 0.6) is 5.75 Å². The van der Waals surface area contributed by atoms with Gasteiger partial charge in [-0.1, -0.05) is 13.8 Å². The number of rotatable bonds is 3. The largest absolute Gasteiger partial charge is 0.507 e. The van der Waals surface area contributed by atoms with Gasteiger partial charge in [0.05, 0.1) is 10.4 Å². The Morgan fingerprint density at radius 3 is 2.58 bits per heavy atom. The third-order valence-corrected chi connectivity index (χ3v) is 6.06. The first-order valence-corrected chi connectivity index (χ1v) is 8.90. The molecule has 128 valence electrons. The summed E-state index contributed by atoms with van der Waals surface area (Å²) in [6, 6.07) is 5.41. The molecular formula is C19H23NO3S. The molecule has 0 aliphatic heterocycles. The summed E-state index contributed by atoms with van der Waals surface area (Å²) >= 11 is 1.52. The summed E-state index contributed by atoms with van der Waals surface area (Å²) in [4.78, 5) is 15.7. The van der Waals surface area contributed by atoms with Gasteiger partial charge in [-0.2, -0.15) is 0 Å².